The van der Waals surface area contributed by atoms with Crippen LogP contribution in [0.5, 0.6) is 5.75 Å². The van der Waals surface area contributed by atoms with Crippen molar-refractivity contribution in [2.75, 3.05) is 6.61 Å². The molecule has 1 atom stereocenters. The molecule has 100 valence electrons. The summed E-state index contributed by atoms with van der Waals surface area (Å²) in [7, 11) is 0. The van der Waals surface area contributed by atoms with Gasteiger partial charge in [-0.2, -0.15) is 0 Å². The smallest absolute Gasteiger partial charge is 0.344 e. The van der Waals surface area contributed by atoms with Crippen LogP contribution in [0.4, 0.5) is 4.39 Å². The number of benzene rings is 1. The van der Waals surface area contributed by atoms with Crippen LogP contribution in [-0.4, -0.2) is 18.7 Å². The molecule has 1 aromatic carbocycles. The van der Waals surface area contributed by atoms with Crippen LogP contribution in [0, 0.1) is 5.82 Å². The highest BCUT2D eigenvalue weighted by atomic mass is 19.1. The molecule has 0 aliphatic carbocycles. The van der Waals surface area contributed by atoms with Crippen LogP contribution in [0.2, 0.25) is 0 Å². The number of carbonyl (C=O) groups is 1. The van der Waals surface area contributed by atoms with E-state index in [4.69, 9.17) is 15.2 Å². The lowest BCUT2D eigenvalue weighted by molar-refractivity contribution is -0.149. The number of hydrogen-bond donors (Lipinski definition) is 1. The van der Waals surface area contributed by atoms with Crippen molar-refractivity contribution in [2.45, 2.75) is 32.9 Å². The van der Waals surface area contributed by atoms with Gasteiger partial charge in [-0.3, -0.25) is 0 Å². The topological polar surface area (TPSA) is 61.5 Å². The van der Waals surface area contributed by atoms with E-state index in [1.807, 2.05) is 0 Å². The van der Waals surface area contributed by atoms with Gasteiger partial charge in [0, 0.05) is 17.7 Å². The van der Waals surface area contributed by atoms with Crippen LogP contribution in [-0.2, 0) is 9.53 Å². The molecule has 0 bridgehead atoms. The Hall–Kier alpha value is -1.62. The highest BCUT2D eigenvalue weighted by Crippen LogP contribution is 2.20. The van der Waals surface area contributed by atoms with Gasteiger partial charge in [-0.05, 0) is 26.8 Å². The van der Waals surface area contributed by atoms with Gasteiger partial charge < -0.3 is 15.2 Å². The lowest BCUT2D eigenvalue weighted by Gasteiger charge is -2.11. The first kappa shape index (κ1) is 14.4. The molecule has 18 heavy (non-hydrogen) atoms. The molecule has 0 aromatic heterocycles. The molecule has 0 aliphatic rings. The summed E-state index contributed by atoms with van der Waals surface area (Å²) >= 11 is 0. The second-order valence-corrected chi connectivity index (χ2v) is 4.30. The van der Waals surface area contributed by atoms with E-state index in [1.54, 1.807) is 32.9 Å². The third-order valence-corrected chi connectivity index (χ3v) is 2.19. The van der Waals surface area contributed by atoms with Crippen LogP contribution in [0.15, 0.2) is 18.2 Å². The highest BCUT2D eigenvalue weighted by molar-refractivity contribution is 5.71. The fourth-order valence-corrected chi connectivity index (χ4v) is 1.41. The van der Waals surface area contributed by atoms with Gasteiger partial charge >= 0.3 is 5.97 Å². The number of hydrogen-bond acceptors (Lipinski definition) is 4. The molecule has 0 spiro atoms. The highest BCUT2D eigenvalue weighted by Gasteiger charge is 2.10. The summed E-state index contributed by atoms with van der Waals surface area (Å²) < 4.78 is 23.6. The number of halogens is 1. The molecular formula is C13H18FNO3. The van der Waals surface area contributed by atoms with E-state index < -0.39 is 11.8 Å². The van der Waals surface area contributed by atoms with Crippen LogP contribution in [0.3, 0.4) is 0 Å². The van der Waals surface area contributed by atoms with Crippen molar-refractivity contribution in [3.05, 3.63) is 29.6 Å². The monoisotopic (exact) mass is 255 g/mol. The molecule has 5 heteroatoms. The number of ether oxygens (including phenoxy) is 2. The van der Waals surface area contributed by atoms with Gasteiger partial charge in [-0.15, -0.1) is 0 Å². The van der Waals surface area contributed by atoms with Crippen molar-refractivity contribution in [1.29, 1.82) is 0 Å². The Morgan fingerprint density at radius 3 is 2.56 bits per heavy atom. The minimum atomic E-state index is -0.485. The van der Waals surface area contributed by atoms with Crippen LogP contribution in [0.25, 0.3) is 0 Å². The Morgan fingerprint density at radius 2 is 2.06 bits per heavy atom. The first-order valence-electron chi connectivity index (χ1n) is 5.77. The van der Waals surface area contributed by atoms with Crippen LogP contribution >= 0.6 is 0 Å². The predicted octanol–water partition coefficient (Wildman–Crippen LogP) is 2.18. The molecule has 0 heterocycles. The van der Waals surface area contributed by atoms with Crippen molar-refractivity contribution >= 4 is 5.97 Å². The fourth-order valence-electron chi connectivity index (χ4n) is 1.41. The quantitative estimate of drug-likeness (QED) is 0.819. The van der Waals surface area contributed by atoms with E-state index >= 15 is 0 Å². The zero-order chi connectivity index (χ0) is 13.7. The molecule has 1 aromatic rings. The summed E-state index contributed by atoms with van der Waals surface area (Å²) in [6.07, 6.45) is -0.196. The molecule has 0 radical (unpaired) electrons. The minimum Gasteiger partial charge on any atom is -0.482 e. The lowest BCUT2D eigenvalue weighted by atomic mass is 10.1. The molecule has 0 saturated carbocycles. The predicted molar refractivity (Wildman–Crippen MR) is 65.7 cm³/mol. The van der Waals surface area contributed by atoms with Crippen molar-refractivity contribution in [3.63, 3.8) is 0 Å². The second-order valence-electron chi connectivity index (χ2n) is 4.30. The van der Waals surface area contributed by atoms with Gasteiger partial charge in [0.15, 0.2) is 6.61 Å². The van der Waals surface area contributed by atoms with Crippen molar-refractivity contribution in [2.24, 2.45) is 5.73 Å². The van der Waals surface area contributed by atoms with E-state index in [2.05, 4.69) is 0 Å². The summed E-state index contributed by atoms with van der Waals surface area (Å²) in [6.45, 7) is 4.94. The van der Waals surface area contributed by atoms with E-state index in [9.17, 15) is 9.18 Å². The third kappa shape index (κ3) is 4.33. The number of nitrogens with two attached hydrogens (primary N) is 1. The number of rotatable bonds is 5. The van der Waals surface area contributed by atoms with Crippen LogP contribution < -0.4 is 10.5 Å². The molecule has 0 fully saturated rings. The Kier molecular flexibility index (Phi) is 5.09. The standard InChI is InChI=1S/C13H18FNO3/c1-8(2)18-13(16)7-17-10-4-5-11(9(3)15)12(14)6-10/h4-6,8-9H,7,15H2,1-3H3/t9-/m1/s1. The average molecular weight is 255 g/mol. The normalized spacial score (nSPS) is 12.3. The molecule has 0 saturated heterocycles. The third-order valence-electron chi connectivity index (χ3n) is 2.19. The average Bonchev–Trinajstić information content (AvgIpc) is 2.25. The molecule has 2 N–H and O–H groups in total. The van der Waals surface area contributed by atoms with Crippen molar-refractivity contribution in [3.8, 4) is 5.75 Å². The second kappa shape index (κ2) is 6.35. The van der Waals surface area contributed by atoms with Gasteiger partial charge in [0.1, 0.15) is 11.6 Å². The van der Waals surface area contributed by atoms with Gasteiger partial charge in [-0.25, -0.2) is 9.18 Å². The maximum absolute atomic E-state index is 13.6. The summed E-state index contributed by atoms with van der Waals surface area (Å²) in [5.41, 5.74) is 6.00. The first-order chi connectivity index (χ1) is 8.40. The zero-order valence-corrected chi connectivity index (χ0v) is 10.8. The summed E-state index contributed by atoms with van der Waals surface area (Å²) in [5.74, 6) is -0.654. The van der Waals surface area contributed by atoms with Crippen LogP contribution in [0.1, 0.15) is 32.4 Å². The largest absolute Gasteiger partial charge is 0.482 e. The summed E-state index contributed by atoms with van der Waals surface area (Å²) in [4.78, 5) is 11.2. The van der Waals surface area contributed by atoms with Gasteiger partial charge in [0.05, 0.1) is 6.10 Å². The SMILES string of the molecule is CC(C)OC(=O)COc1ccc([C@@H](C)N)c(F)c1. The van der Waals surface area contributed by atoms with Gasteiger partial charge in [-0.1, -0.05) is 6.07 Å². The lowest BCUT2D eigenvalue weighted by Crippen LogP contribution is -2.18. The molecule has 1 rings (SSSR count). The molecule has 4 nitrogen and oxygen atoms in total. The summed E-state index contributed by atoms with van der Waals surface area (Å²) in [5, 5.41) is 0. The minimum absolute atomic E-state index is 0.196. The Balaban J connectivity index is 2.59. The Bertz CT molecular complexity index is 419. The van der Waals surface area contributed by atoms with E-state index in [0.717, 1.165) is 0 Å². The van der Waals surface area contributed by atoms with E-state index in [0.29, 0.717) is 5.56 Å². The molecular weight excluding hydrogens is 237 g/mol. The van der Waals surface area contributed by atoms with Gasteiger partial charge in [0.25, 0.3) is 0 Å². The van der Waals surface area contributed by atoms with E-state index in [1.165, 1.54) is 6.07 Å². The maximum Gasteiger partial charge on any atom is 0.344 e. The Labute approximate surface area is 106 Å². The zero-order valence-electron chi connectivity index (χ0n) is 10.8. The van der Waals surface area contributed by atoms with Crippen molar-refractivity contribution in [1.82, 2.24) is 0 Å². The molecule has 0 aliphatic heterocycles. The molecule has 0 amide bonds. The fraction of sp³-hybridized carbons (Fsp3) is 0.462. The van der Waals surface area contributed by atoms with Gasteiger partial charge in [0.2, 0.25) is 0 Å². The molecule has 0 unspecified atom stereocenters. The maximum atomic E-state index is 13.6. The van der Waals surface area contributed by atoms with E-state index in [-0.39, 0.29) is 24.5 Å². The first-order valence-corrected chi connectivity index (χ1v) is 5.77. The van der Waals surface area contributed by atoms with Crippen molar-refractivity contribution < 1.29 is 18.7 Å². The number of carbonyl (C=O) groups excluding carboxylic acids is 1. The Morgan fingerprint density at radius 1 is 1.39 bits per heavy atom. The summed E-state index contributed by atoms with van der Waals surface area (Å²) in [6, 6.07) is 3.94. The number of esters is 1.